The van der Waals surface area contributed by atoms with E-state index in [1.54, 1.807) is 12.1 Å². The zero-order valence-electron chi connectivity index (χ0n) is 18.8. The monoisotopic (exact) mass is 438 g/mol. The lowest BCUT2D eigenvalue weighted by atomic mass is 9.98. The SMILES string of the molecule is CC(C)Oc1ccc(C2=C(N3CCc4ccccc4C3)C(=O)N(c3ccccc3)C2=O)cc1. The first kappa shape index (κ1) is 21.0. The first-order chi connectivity index (χ1) is 16.0. The minimum absolute atomic E-state index is 0.0577. The normalized spacial score (nSPS) is 16.0. The first-order valence-electron chi connectivity index (χ1n) is 11.3. The van der Waals surface area contributed by atoms with Crippen molar-refractivity contribution >= 4 is 23.1 Å². The summed E-state index contributed by atoms with van der Waals surface area (Å²) >= 11 is 0. The second kappa shape index (κ2) is 8.58. The van der Waals surface area contributed by atoms with Crippen molar-refractivity contribution in [1.82, 2.24) is 4.90 Å². The Morgan fingerprint density at radius 1 is 0.788 bits per heavy atom. The van der Waals surface area contributed by atoms with Gasteiger partial charge in [0.15, 0.2) is 0 Å². The summed E-state index contributed by atoms with van der Waals surface area (Å²) < 4.78 is 5.76. The summed E-state index contributed by atoms with van der Waals surface area (Å²) in [4.78, 5) is 30.7. The van der Waals surface area contributed by atoms with E-state index in [0.717, 1.165) is 17.7 Å². The fourth-order valence-corrected chi connectivity index (χ4v) is 4.54. The standard InChI is InChI=1S/C28H26N2O3/c1-19(2)33-24-14-12-21(13-15-24)25-26(29-17-16-20-8-6-7-9-22(20)18-29)28(32)30(27(25)31)23-10-4-3-5-11-23/h3-15,19H,16-18H2,1-2H3. The van der Waals surface area contributed by atoms with Crippen molar-refractivity contribution in [3.05, 3.63) is 101 Å². The average molecular weight is 439 g/mol. The number of amides is 2. The number of para-hydroxylation sites is 1. The minimum Gasteiger partial charge on any atom is -0.491 e. The van der Waals surface area contributed by atoms with Crippen LogP contribution in [-0.2, 0) is 22.6 Å². The van der Waals surface area contributed by atoms with E-state index >= 15 is 0 Å². The molecule has 2 aliphatic rings. The maximum atomic E-state index is 13.7. The highest BCUT2D eigenvalue weighted by Gasteiger charge is 2.43. The Balaban J connectivity index is 1.58. The van der Waals surface area contributed by atoms with E-state index in [2.05, 4.69) is 17.0 Å². The predicted octanol–water partition coefficient (Wildman–Crippen LogP) is 4.82. The van der Waals surface area contributed by atoms with Crippen molar-refractivity contribution in [3.63, 3.8) is 0 Å². The summed E-state index contributed by atoms with van der Waals surface area (Å²) in [5.74, 6) is 0.167. The number of benzene rings is 3. The number of imide groups is 1. The summed E-state index contributed by atoms with van der Waals surface area (Å²) in [6, 6.07) is 24.9. The summed E-state index contributed by atoms with van der Waals surface area (Å²) in [7, 11) is 0. The minimum atomic E-state index is -0.294. The van der Waals surface area contributed by atoms with Gasteiger partial charge >= 0.3 is 0 Å². The second-order valence-electron chi connectivity index (χ2n) is 8.64. The Morgan fingerprint density at radius 2 is 1.45 bits per heavy atom. The van der Waals surface area contributed by atoms with Crippen LogP contribution in [0.3, 0.4) is 0 Å². The predicted molar refractivity (Wildman–Crippen MR) is 129 cm³/mol. The van der Waals surface area contributed by atoms with Crippen molar-refractivity contribution in [3.8, 4) is 5.75 Å². The fourth-order valence-electron chi connectivity index (χ4n) is 4.54. The van der Waals surface area contributed by atoms with Gasteiger partial charge in [-0.3, -0.25) is 9.59 Å². The molecule has 5 nitrogen and oxygen atoms in total. The Labute approximate surface area is 193 Å². The van der Waals surface area contributed by atoms with Crippen LogP contribution in [0, 0.1) is 0 Å². The van der Waals surface area contributed by atoms with Crippen LogP contribution in [0.25, 0.3) is 5.57 Å². The number of hydrogen-bond acceptors (Lipinski definition) is 4. The van der Waals surface area contributed by atoms with Gasteiger partial charge in [-0.15, -0.1) is 0 Å². The van der Waals surface area contributed by atoms with Crippen molar-refractivity contribution in [2.45, 2.75) is 32.9 Å². The van der Waals surface area contributed by atoms with Crippen LogP contribution >= 0.6 is 0 Å². The van der Waals surface area contributed by atoms with Gasteiger partial charge in [-0.1, -0.05) is 54.6 Å². The van der Waals surface area contributed by atoms with E-state index in [1.807, 2.05) is 68.4 Å². The molecule has 0 saturated carbocycles. The third kappa shape index (κ3) is 3.91. The van der Waals surface area contributed by atoms with E-state index < -0.39 is 0 Å². The topological polar surface area (TPSA) is 49.9 Å². The molecule has 5 heteroatoms. The van der Waals surface area contributed by atoms with Crippen molar-refractivity contribution in [2.24, 2.45) is 0 Å². The molecule has 3 aromatic carbocycles. The average Bonchev–Trinajstić information content (AvgIpc) is 3.09. The van der Waals surface area contributed by atoms with Crippen LogP contribution < -0.4 is 9.64 Å². The van der Waals surface area contributed by atoms with Crippen molar-refractivity contribution < 1.29 is 14.3 Å². The molecule has 2 heterocycles. The molecule has 0 aromatic heterocycles. The molecule has 33 heavy (non-hydrogen) atoms. The lowest BCUT2D eigenvalue weighted by molar-refractivity contribution is -0.120. The van der Waals surface area contributed by atoms with Gasteiger partial charge in [-0.05, 0) is 61.2 Å². The maximum Gasteiger partial charge on any atom is 0.282 e. The van der Waals surface area contributed by atoms with Crippen LogP contribution in [0.4, 0.5) is 5.69 Å². The molecule has 0 unspecified atom stereocenters. The molecule has 0 saturated heterocycles. The van der Waals surface area contributed by atoms with Gasteiger partial charge in [-0.2, -0.15) is 0 Å². The van der Waals surface area contributed by atoms with Gasteiger partial charge in [0.25, 0.3) is 11.8 Å². The Bertz CT molecular complexity index is 1230. The van der Waals surface area contributed by atoms with Gasteiger partial charge < -0.3 is 9.64 Å². The van der Waals surface area contributed by atoms with Gasteiger partial charge in [0.05, 0.1) is 17.4 Å². The lowest BCUT2D eigenvalue weighted by Gasteiger charge is -2.31. The molecule has 3 aromatic rings. The van der Waals surface area contributed by atoms with Gasteiger partial charge in [0.1, 0.15) is 11.4 Å². The van der Waals surface area contributed by atoms with Gasteiger partial charge in [0.2, 0.25) is 0 Å². The van der Waals surface area contributed by atoms with E-state index in [0.29, 0.717) is 30.0 Å². The molecule has 0 N–H and O–H groups in total. The summed E-state index contributed by atoms with van der Waals surface area (Å²) in [6.07, 6.45) is 0.892. The third-order valence-electron chi connectivity index (χ3n) is 6.04. The molecule has 0 spiro atoms. The number of nitrogens with zero attached hydrogens (tertiary/aromatic N) is 2. The quantitative estimate of drug-likeness (QED) is 0.536. The molecule has 0 aliphatic carbocycles. The number of anilines is 1. The molecule has 166 valence electrons. The molecule has 0 bridgehead atoms. The summed E-state index contributed by atoms with van der Waals surface area (Å²) in [5.41, 5.74) is 4.70. The zero-order chi connectivity index (χ0) is 22.9. The highest BCUT2D eigenvalue weighted by atomic mass is 16.5. The maximum absolute atomic E-state index is 13.7. The molecular formula is C28H26N2O3. The third-order valence-corrected chi connectivity index (χ3v) is 6.04. The fraction of sp³-hybridized carbons (Fsp3) is 0.214. The number of fused-ring (bicyclic) bond motifs is 1. The van der Waals surface area contributed by atoms with Crippen LogP contribution in [0.1, 0.15) is 30.5 Å². The van der Waals surface area contributed by atoms with Crippen LogP contribution in [0.15, 0.2) is 84.6 Å². The van der Waals surface area contributed by atoms with E-state index in [4.69, 9.17) is 4.74 Å². The van der Waals surface area contributed by atoms with E-state index in [9.17, 15) is 9.59 Å². The molecule has 0 radical (unpaired) electrons. The highest BCUT2D eigenvalue weighted by Crippen LogP contribution is 2.37. The molecular weight excluding hydrogens is 412 g/mol. The molecule has 2 amide bonds. The largest absolute Gasteiger partial charge is 0.491 e. The Morgan fingerprint density at radius 3 is 2.15 bits per heavy atom. The van der Waals surface area contributed by atoms with E-state index in [-0.39, 0.29) is 17.9 Å². The molecule has 0 atom stereocenters. The van der Waals surface area contributed by atoms with Crippen LogP contribution in [-0.4, -0.2) is 29.4 Å². The highest BCUT2D eigenvalue weighted by molar-refractivity contribution is 6.45. The number of ether oxygens (including phenoxy) is 1. The smallest absolute Gasteiger partial charge is 0.282 e. The first-order valence-corrected chi connectivity index (χ1v) is 11.3. The van der Waals surface area contributed by atoms with Crippen LogP contribution in [0.2, 0.25) is 0 Å². The Hall–Kier alpha value is -3.86. The number of carbonyl (C=O) groups excluding carboxylic acids is 2. The van der Waals surface area contributed by atoms with Crippen molar-refractivity contribution in [2.75, 3.05) is 11.4 Å². The van der Waals surface area contributed by atoms with Crippen molar-refractivity contribution in [1.29, 1.82) is 0 Å². The zero-order valence-corrected chi connectivity index (χ0v) is 18.8. The number of hydrogen-bond donors (Lipinski definition) is 0. The summed E-state index contributed by atoms with van der Waals surface area (Å²) in [6.45, 7) is 5.23. The summed E-state index contributed by atoms with van der Waals surface area (Å²) in [5, 5.41) is 0. The second-order valence-corrected chi connectivity index (χ2v) is 8.64. The Kier molecular flexibility index (Phi) is 5.47. The number of rotatable bonds is 5. The van der Waals surface area contributed by atoms with Gasteiger partial charge in [0, 0.05) is 13.1 Å². The van der Waals surface area contributed by atoms with Crippen LogP contribution in [0.5, 0.6) is 5.75 Å². The van der Waals surface area contributed by atoms with E-state index in [1.165, 1.54) is 16.0 Å². The molecule has 5 rings (SSSR count). The lowest BCUT2D eigenvalue weighted by Crippen LogP contribution is -2.37. The molecule has 2 aliphatic heterocycles. The number of carbonyl (C=O) groups is 2. The van der Waals surface area contributed by atoms with Gasteiger partial charge in [-0.25, -0.2) is 4.90 Å². The molecule has 0 fully saturated rings.